The van der Waals surface area contributed by atoms with Crippen molar-refractivity contribution in [2.45, 2.75) is 26.4 Å². The van der Waals surface area contributed by atoms with Crippen molar-refractivity contribution in [1.29, 1.82) is 5.26 Å². The maximum atomic E-state index is 12.9. The van der Waals surface area contributed by atoms with E-state index in [0.717, 1.165) is 0 Å². The molecule has 0 radical (unpaired) electrons. The maximum Gasteiger partial charge on any atom is 0.393 e. The van der Waals surface area contributed by atoms with Crippen molar-refractivity contribution in [3.63, 3.8) is 0 Å². The van der Waals surface area contributed by atoms with Gasteiger partial charge in [0.2, 0.25) is 10.0 Å². The molecule has 1 fully saturated rings. The van der Waals surface area contributed by atoms with Gasteiger partial charge < -0.3 is 5.11 Å². The van der Waals surface area contributed by atoms with Crippen LogP contribution in [0.2, 0.25) is 0 Å². The van der Waals surface area contributed by atoms with Crippen LogP contribution < -0.4 is 0 Å². The van der Waals surface area contributed by atoms with Crippen LogP contribution >= 0.6 is 0 Å². The molecule has 126 valence electrons. The number of hydrogen-bond donors (Lipinski definition) is 1. The molecule has 0 saturated carbocycles. The Bertz CT molecular complexity index is 580. The van der Waals surface area contributed by atoms with E-state index < -0.39 is 58.3 Å². The molecule has 0 unspecified atom stereocenters. The van der Waals surface area contributed by atoms with Crippen LogP contribution in [0, 0.1) is 28.6 Å². The van der Waals surface area contributed by atoms with E-state index in [4.69, 9.17) is 10.4 Å². The number of aliphatic carboxylic acids is 1. The van der Waals surface area contributed by atoms with Gasteiger partial charge in [0, 0.05) is 19.5 Å². The van der Waals surface area contributed by atoms with Crippen molar-refractivity contribution in [1.82, 2.24) is 4.31 Å². The van der Waals surface area contributed by atoms with Gasteiger partial charge in [-0.05, 0) is 5.41 Å². The van der Waals surface area contributed by atoms with Crippen LogP contribution in [-0.4, -0.2) is 48.8 Å². The van der Waals surface area contributed by atoms with Crippen LogP contribution in [0.4, 0.5) is 13.2 Å². The first-order chi connectivity index (χ1) is 9.80. The molecule has 6 nitrogen and oxygen atoms in total. The van der Waals surface area contributed by atoms with Crippen LogP contribution in [0.1, 0.15) is 20.3 Å². The van der Waals surface area contributed by atoms with E-state index in [2.05, 4.69) is 0 Å². The van der Waals surface area contributed by atoms with Gasteiger partial charge in [-0.2, -0.15) is 18.4 Å². The molecule has 1 aliphatic heterocycles. The van der Waals surface area contributed by atoms with Crippen molar-refractivity contribution < 1.29 is 31.5 Å². The van der Waals surface area contributed by atoms with Gasteiger partial charge >= 0.3 is 12.1 Å². The van der Waals surface area contributed by atoms with E-state index in [9.17, 15) is 26.4 Å². The second-order valence-corrected chi connectivity index (χ2v) is 8.13. The van der Waals surface area contributed by atoms with E-state index in [1.165, 1.54) is 13.8 Å². The van der Waals surface area contributed by atoms with Crippen molar-refractivity contribution in [3.05, 3.63) is 0 Å². The molecular formula is C12H17F3N2O4S. The molecule has 1 N–H and O–H groups in total. The summed E-state index contributed by atoms with van der Waals surface area (Å²) in [7, 11) is -4.08. The fraction of sp³-hybridized carbons (Fsp3) is 0.833. The summed E-state index contributed by atoms with van der Waals surface area (Å²) in [6, 6.07) is 1.82. The minimum atomic E-state index is -4.78. The topological polar surface area (TPSA) is 98.5 Å². The fourth-order valence-electron chi connectivity index (χ4n) is 2.43. The average Bonchev–Trinajstić information content (AvgIpc) is 2.71. The Hall–Kier alpha value is -1.34. The molecule has 1 heterocycles. The molecule has 0 aromatic heterocycles. The van der Waals surface area contributed by atoms with E-state index in [1.807, 2.05) is 6.07 Å². The van der Waals surface area contributed by atoms with E-state index in [-0.39, 0.29) is 6.42 Å². The Kier molecular flexibility index (Phi) is 5.14. The number of alkyl halides is 3. The zero-order valence-corrected chi connectivity index (χ0v) is 12.9. The van der Waals surface area contributed by atoms with Crippen molar-refractivity contribution in [2.24, 2.45) is 17.3 Å². The predicted molar refractivity (Wildman–Crippen MR) is 70.0 cm³/mol. The fourth-order valence-corrected chi connectivity index (χ4v) is 4.47. The zero-order chi connectivity index (χ0) is 17.3. The average molecular weight is 342 g/mol. The highest BCUT2D eigenvalue weighted by molar-refractivity contribution is 7.89. The highest BCUT2D eigenvalue weighted by Gasteiger charge is 2.55. The predicted octanol–water partition coefficient (Wildman–Crippen LogP) is 1.45. The van der Waals surface area contributed by atoms with Gasteiger partial charge in [0.05, 0.1) is 23.7 Å². The molecule has 22 heavy (non-hydrogen) atoms. The quantitative estimate of drug-likeness (QED) is 0.815. The Morgan fingerprint density at radius 3 is 2.27 bits per heavy atom. The second-order valence-electron chi connectivity index (χ2n) is 6.17. The summed E-state index contributed by atoms with van der Waals surface area (Å²) in [4.78, 5) is 11.0. The van der Waals surface area contributed by atoms with Crippen LogP contribution in [0.25, 0.3) is 0 Å². The molecular weight excluding hydrogens is 325 g/mol. The van der Waals surface area contributed by atoms with Crippen LogP contribution in [0.5, 0.6) is 0 Å². The smallest absolute Gasteiger partial charge is 0.393 e. The number of carboxylic acid groups (broad SMARTS) is 1. The molecule has 1 rings (SSSR count). The molecule has 2 atom stereocenters. The lowest BCUT2D eigenvalue weighted by Gasteiger charge is -2.25. The summed E-state index contributed by atoms with van der Waals surface area (Å²) in [5.74, 6) is -6.21. The van der Waals surface area contributed by atoms with Gasteiger partial charge in [-0.15, -0.1) is 0 Å². The van der Waals surface area contributed by atoms with Crippen molar-refractivity contribution in [3.8, 4) is 6.07 Å². The number of nitriles is 1. The molecule has 0 aromatic carbocycles. The Morgan fingerprint density at radius 1 is 1.36 bits per heavy atom. The number of carbonyl (C=O) groups is 1. The van der Waals surface area contributed by atoms with Gasteiger partial charge in [-0.1, -0.05) is 13.8 Å². The van der Waals surface area contributed by atoms with Gasteiger partial charge in [-0.3, -0.25) is 4.79 Å². The highest BCUT2D eigenvalue weighted by atomic mass is 32.2. The molecule has 1 aliphatic rings. The number of rotatable bonds is 5. The number of halogens is 3. The SMILES string of the molecule is CC(C)(CC#N)CS(=O)(=O)N1C[C@@H](C(F)(F)F)[C@H](C(=O)O)C1. The third-order valence-corrected chi connectivity index (χ3v) is 5.78. The number of carboxylic acids is 1. The number of nitrogens with zero attached hydrogens (tertiary/aromatic N) is 2. The van der Waals surface area contributed by atoms with Crippen LogP contribution in [0.3, 0.4) is 0 Å². The second kappa shape index (κ2) is 6.04. The van der Waals surface area contributed by atoms with Gasteiger partial charge in [0.25, 0.3) is 0 Å². The van der Waals surface area contributed by atoms with E-state index >= 15 is 0 Å². The third-order valence-electron chi connectivity index (χ3n) is 3.55. The molecule has 0 amide bonds. The zero-order valence-electron chi connectivity index (χ0n) is 12.1. The Morgan fingerprint density at radius 2 is 1.91 bits per heavy atom. The largest absolute Gasteiger partial charge is 0.481 e. The summed E-state index contributed by atoms with van der Waals surface area (Å²) in [6.07, 6.45) is -4.86. The maximum absolute atomic E-state index is 12.9. The monoisotopic (exact) mass is 342 g/mol. The minimum Gasteiger partial charge on any atom is -0.481 e. The standard InChI is InChI=1S/C12H17F3N2O4S/c1-11(2,3-4-16)7-22(20,21)17-5-8(10(18)19)9(6-17)12(13,14)15/h8-9H,3,5-7H2,1-2H3,(H,18,19)/t8-,9-/m1/s1. The molecule has 0 aromatic rings. The normalized spacial score (nSPS) is 24.2. The van der Waals surface area contributed by atoms with Crippen molar-refractivity contribution in [2.75, 3.05) is 18.8 Å². The van der Waals surface area contributed by atoms with Crippen molar-refractivity contribution >= 4 is 16.0 Å². The Labute approximate surface area is 126 Å². The summed E-state index contributed by atoms with van der Waals surface area (Å²) in [6.45, 7) is 1.43. The van der Waals surface area contributed by atoms with E-state index in [0.29, 0.717) is 4.31 Å². The highest BCUT2D eigenvalue weighted by Crippen LogP contribution is 2.39. The Balaban J connectivity index is 2.99. The lowest BCUT2D eigenvalue weighted by atomic mass is 9.93. The summed E-state index contributed by atoms with van der Waals surface area (Å²) >= 11 is 0. The van der Waals surface area contributed by atoms with Crippen LogP contribution in [0.15, 0.2) is 0 Å². The lowest BCUT2D eigenvalue weighted by Crippen LogP contribution is -2.37. The van der Waals surface area contributed by atoms with Gasteiger partial charge in [-0.25, -0.2) is 12.7 Å². The first-order valence-corrected chi connectivity index (χ1v) is 8.05. The van der Waals surface area contributed by atoms with Gasteiger partial charge in [0.1, 0.15) is 0 Å². The summed E-state index contributed by atoms with van der Waals surface area (Å²) in [5, 5.41) is 17.5. The molecule has 0 spiro atoms. The summed E-state index contributed by atoms with van der Waals surface area (Å²) in [5.41, 5.74) is -0.928. The lowest BCUT2D eigenvalue weighted by molar-refractivity contribution is -0.187. The first-order valence-electron chi connectivity index (χ1n) is 6.44. The molecule has 10 heteroatoms. The number of sulfonamides is 1. The first kappa shape index (κ1) is 18.7. The number of hydrogen-bond acceptors (Lipinski definition) is 4. The molecule has 0 bridgehead atoms. The molecule has 1 saturated heterocycles. The minimum absolute atomic E-state index is 0.0782. The van der Waals surface area contributed by atoms with Crippen LogP contribution in [-0.2, 0) is 14.8 Å². The third kappa shape index (κ3) is 4.33. The van der Waals surface area contributed by atoms with E-state index in [1.54, 1.807) is 0 Å². The molecule has 0 aliphatic carbocycles. The summed E-state index contributed by atoms with van der Waals surface area (Å²) < 4.78 is 63.6. The van der Waals surface area contributed by atoms with Gasteiger partial charge in [0.15, 0.2) is 0 Å².